The van der Waals surface area contributed by atoms with Gasteiger partial charge in [-0.15, -0.1) is 0 Å². The number of halogens is 2. The van der Waals surface area contributed by atoms with E-state index in [9.17, 15) is 22.7 Å². The monoisotopic (exact) mass is 351 g/mol. The fourth-order valence-corrected chi connectivity index (χ4v) is 4.66. The van der Waals surface area contributed by atoms with Crippen LogP contribution in [-0.2, 0) is 19.6 Å². The molecule has 1 aromatic rings. The molecule has 22 heavy (non-hydrogen) atoms. The van der Waals surface area contributed by atoms with Crippen molar-refractivity contribution in [1.82, 2.24) is 4.31 Å². The quantitative estimate of drug-likeness (QED) is 0.873. The summed E-state index contributed by atoms with van der Waals surface area (Å²) in [6.07, 6.45) is 0.453. The number of carboxylic acids is 1. The smallest absolute Gasteiger partial charge is 0.327 e. The van der Waals surface area contributed by atoms with Gasteiger partial charge in [-0.3, -0.25) is 4.79 Å². The van der Waals surface area contributed by atoms with Crippen LogP contribution >= 0.6 is 11.6 Å². The van der Waals surface area contributed by atoms with Gasteiger partial charge in [0.1, 0.15) is 10.7 Å². The molecule has 1 heterocycles. The zero-order valence-electron chi connectivity index (χ0n) is 11.8. The second-order valence-electron chi connectivity index (χ2n) is 5.03. The van der Waals surface area contributed by atoms with E-state index in [1.807, 2.05) is 0 Å². The standard InChI is InChI=1S/C13H15ClFNO5S/c1-21-8-13(12(17)18)5-2-6-16(13)22(19,20)11-4-3-9(14)7-10(11)15/h3-4,7H,2,5-6,8H2,1H3,(H,17,18). The molecule has 0 radical (unpaired) electrons. The Kier molecular flexibility index (Phi) is 4.76. The molecule has 9 heteroatoms. The van der Waals surface area contributed by atoms with Crippen LogP contribution in [0.1, 0.15) is 12.8 Å². The Morgan fingerprint density at radius 2 is 2.23 bits per heavy atom. The molecule has 1 saturated heterocycles. The highest BCUT2D eigenvalue weighted by molar-refractivity contribution is 7.89. The van der Waals surface area contributed by atoms with Crippen molar-refractivity contribution in [3.05, 3.63) is 29.0 Å². The summed E-state index contributed by atoms with van der Waals surface area (Å²) in [6, 6.07) is 3.15. The lowest BCUT2D eigenvalue weighted by atomic mass is 9.99. The molecule has 1 aliphatic heterocycles. The van der Waals surface area contributed by atoms with Gasteiger partial charge in [-0.1, -0.05) is 11.6 Å². The third-order valence-electron chi connectivity index (χ3n) is 3.67. The maximum atomic E-state index is 14.0. The predicted molar refractivity (Wildman–Crippen MR) is 76.8 cm³/mol. The van der Waals surface area contributed by atoms with Gasteiger partial charge in [-0.2, -0.15) is 4.31 Å². The summed E-state index contributed by atoms with van der Waals surface area (Å²) in [4.78, 5) is 11.0. The SMILES string of the molecule is COCC1(C(=O)O)CCCN1S(=O)(=O)c1ccc(Cl)cc1F. The van der Waals surface area contributed by atoms with E-state index in [2.05, 4.69) is 0 Å². The minimum absolute atomic E-state index is 0.0138. The van der Waals surface area contributed by atoms with Crippen LogP contribution < -0.4 is 0 Å². The Morgan fingerprint density at radius 1 is 1.55 bits per heavy atom. The van der Waals surface area contributed by atoms with Gasteiger partial charge >= 0.3 is 5.97 Å². The molecule has 0 saturated carbocycles. The van der Waals surface area contributed by atoms with Gasteiger partial charge in [-0.05, 0) is 31.0 Å². The first-order valence-corrected chi connectivity index (χ1v) is 8.28. The minimum Gasteiger partial charge on any atom is -0.480 e. The Bertz CT molecular complexity index is 696. The number of methoxy groups -OCH3 is 1. The second kappa shape index (κ2) is 6.11. The number of nitrogens with zero attached hydrogens (tertiary/aromatic N) is 1. The number of rotatable bonds is 5. The summed E-state index contributed by atoms with van der Waals surface area (Å²) in [7, 11) is -3.03. The molecule has 1 N–H and O–H groups in total. The number of aliphatic carboxylic acids is 1. The van der Waals surface area contributed by atoms with E-state index in [1.165, 1.54) is 13.2 Å². The van der Waals surface area contributed by atoms with Crippen molar-refractivity contribution in [3.8, 4) is 0 Å². The number of hydrogen-bond acceptors (Lipinski definition) is 4. The van der Waals surface area contributed by atoms with Crippen molar-refractivity contribution in [3.63, 3.8) is 0 Å². The van der Waals surface area contributed by atoms with Crippen LogP contribution in [0.3, 0.4) is 0 Å². The van der Waals surface area contributed by atoms with E-state index in [0.717, 1.165) is 16.4 Å². The predicted octanol–water partition coefficient (Wildman–Crippen LogP) is 1.73. The number of carboxylic acid groups (broad SMARTS) is 1. The molecule has 0 bridgehead atoms. The van der Waals surface area contributed by atoms with E-state index in [-0.39, 0.29) is 24.6 Å². The molecule has 0 aromatic heterocycles. The van der Waals surface area contributed by atoms with Gasteiger partial charge in [0.15, 0.2) is 5.54 Å². The number of carbonyl (C=O) groups is 1. The molecule has 0 aliphatic carbocycles. The van der Waals surface area contributed by atoms with Gasteiger partial charge in [0, 0.05) is 18.7 Å². The Hall–Kier alpha value is -1.22. The second-order valence-corrected chi connectivity index (χ2v) is 7.29. The van der Waals surface area contributed by atoms with E-state index >= 15 is 0 Å². The van der Waals surface area contributed by atoms with Crippen molar-refractivity contribution in [2.75, 3.05) is 20.3 Å². The summed E-state index contributed by atoms with van der Waals surface area (Å²) >= 11 is 5.62. The molecule has 6 nitrogen and oxygen atoms in total. The highest BCUT2D eigenvalue weighted by Crippen LogP contribution is 2.36. The lowest BCUT2D eigenvalue weighted by molar-refractivity contribution is -0.150. The molecule has 122 valence electrons. The van der Waals surface area contributed by atoms with Crippen LogP contribution in [0.4, 0.5) is 4.39 Å². The molecule has 0 spiro atoms. The van der Waals surface area contributed by atoms with Crippen LogP contribution in [0.5, 0.6) is 0 Å². The molecule has 0 amide bonds. The molecule has 1 unspecified atom stereocenters. The first kappa shape index (κ1) is 17.1. The first-order chi connectivity index (χ1) is 10.3. The normalized spacial score (nSPS) is 22.9. The maximum absolute atomic E-state index is 14.0. The van der Waals surface area contributed by atoms with Crippen LogP contribution in [-0.4, -0.2) is 49.6 Å². The Labute approximate surface area is 132 Å². The third kappa shape index (κ3) is 2.71. The maximum Gasteiger partial charge on any atom is 0.327 e. The average molecular weight is 352 g/mol. The van der Waals surface area contributed by atoms with Crippen LogP contribution in [0.15, 0.2) is 23.1 Å². The summed E-state index contributed by atoms with van der Waals surface area (Å²) < 4.78 is 45.0. The first-order valence-electron chi connectivity index (χ1n) is 6.46. The number of hydrogen-bond donors (Lipinski definition) is 1. The molecule has 1 fully saturated rings. The number of benzene rings is 1. The van der Waals surface area contributed by atoms with Gasteiger partial charge in [0.25, 0.3) is 0 Å². The Morgan fingerprint density at radius 3 is 2.77 bits per heavy atom. The van der Waals surface area contributed by atoms with Crippen molar-refractivity contribution in [2.24, 2.45) is 0 Å². The minimum atomic E-state index is -4.32. The summed E-state index contributed by atoms with van der Waals surface area (Å²) in [5.74, 6) is -2.33. The van der Waals surface area contributed by atoms with E-state index in [0.29, 0.717) is 6.42 Å². The number of sulfonamides is 1. The van der Waals surface area contributed by atoms with E-state index in [4.69, 9.17) is 16.3 Å². The van der Waals surface area contributed by atoms with E-state index < -0.39 is 32.2 Å². The largest absolute Gasteiger partial charge is 0.480 e. The van der Waals surface area contributed by atoms with Crippen LogP contribution in [0.25, 0.3) is 0 Å². The van der Waals surface area contributed by atoms with Gasteiger partial charge in [0.05, 0.1) is 6.61 Å². The molecule has 1 aliphatic rings. The van der Waals surface area contributed by atoms with Crippen molar-refractivity contribution < 1.29 is 27.4 Å². The third-order valence-corrected chi connectivity index (χ3v) is 5.91. The van der Waals surface area contributed by atoms with Crippen molar-refractivity contribution in [1.29, 1.82) is 0 Å². The van der Waals surface area contributed by atoms with Crippen LogP contribution in [0.2, 0.25) is 5.02 Å². The highest BCUT2D eigenvalue weighted by atomic mass is 35.5. The molecular weight excluding hydrogens is 337 g/mol. The average Bonchev–Trinajstić information content (AvgIpc) is 2.84. The van der Waals surface area contributed by atoms with Gasteiger partial charge < -0.3 is 9.84 Å². The molecule has 1 aromatic carbocycles. The fraction of sp³-hybridized carbons (Fsp3) is 0.462. The van der Waals surface area contributed by atoms with Crippen molar-refractivity contribution in [2.45, 2.75) is 23.3 Å². The summed E-state index contributed by atoms with van der Waals surface area (Å²) in [6.45, 7) is -0.323. The lowest BCUT2D eigenvalue weighted by Gasteiger charge is -2.33. The summed E-state index contributed by atoms with van der Waals surface area (Å²) in [5.41, 5.74) is -1.72. The molecular formula is C13H15ClFNO5S. The zero-order valence-corrected chi connectivity index (χ0v) is 13.3. The molecule has 2 rings (SSSR count). The van der Waals surface area contributed by atoms with E-state index in [1.54, 1.807) is 0 Å². The van der Waals surface area contributed by atoms with Gasteiger partial charge in [0.2, 0.25) is 10.0 Å². The topological polar surface area (TPSA) is 83.9 Å². The van der Waals surface area contributed by atoms with Crippen LogP contribution in [0, 0.1) is 5.82 Å². The van der Waals surface area contributed by atoms with Crippen molar-refractivity contribution >= 4 is 27.6 Å². The molecule has 1 atom stereocenters. The lowest BCUT2D eigenvalue weighted by Crippen LogP contribution is -2.56. The highest BCUT2D eigenvalue weighted by Gasteiger charge is 2.54. The summed E-state index contributed by atoms with van der Waals surface area (Å²) in [5, 5.41) is 9.54. The Balaban J connectivity index is 2.54. The number of ether oxygens (including phenoxy) is 1. The van der Waals surface area contributed by atoms with Gasteiger partial charge in [-0.25, -0.2) is 12.8 Å². The zero-order chi connectivity index (χ0) is 16.5. The fourth-order valence-electron chi connectivity index (χ4n) is 2.67.